The molecule has 0 atom stereocenters. The molecule has 0 aromatic carbocycles. The van der Waals surface area contributed by atoms with Crippen molar-refractivity contribution in [3.05, 3.63) is 18.1 Å². The number of aromatic nitrogens is 1. The van der Waals surface area contributed by atoms with Gasteiger partial charge in [0.05, 0.1) is 0 Å². The van der Waals surface area contributed by atoms with E-state index in [1.807, 2.05) is 0 Å². The number of hydrogen-bond acceptors (Lipinski definition) is 4. The molecule has 0 saturated heterocycles. The first-order valence-corrected chi connectivity index (χ1v) is 4.01. The summed E-state index contributed by atoms with van der Waals surface area (Å²) in [6.45, 7) is -1.67. The molecule has 0 unspecified atom stereocenters. The molecule has 1 rings (SSSR count). The third-order valence-electron chi connectivity index (χ3n) is 1.50. The van der Waals surface area contributed by atoms with Gasteiger partial charge in [0.2, 0.25) is 0 Å². The van der Waals surface area contributed by atoms with Crippen LogP contribution < -0.4 is 10.2 Å². The van der Waals surface area contributed by atoms with Crippen molar-refractivity contribution in [2.75, 3.05) is 6.61 Å². The zero-order chi connectivity index (χ0) is 12.3. The summed E-state index contributed by atoms with van der Waals surface area (Å²) in [6.07, 6.45) is -3.79. The molecule has 0 saturated carbocycles. The molecule has 0 aliphatic carbocycles. The number of halogens is 4. The fourth-order valence-corrected chi connectivity index (χ4v) is 0.838. The lowest BCUT2D eigenvalue weighted by Crippen LogP contribution is -2.31. The highest BCUT2D eigenvalue weighted by molar-refractivity contribution is 6.58. The molecule has 16 heavy (non-hydrogen) atoms. The zero-order valence-electron chi connectivity index (χ0n) is 7.70. The molecule has 9 heteroatoms. The zero-order valence-corrected chi connectivity index (χ0v) is 7.70. The molecule has 1 aromatic rings. The van der Waals surface area contributed by atoms with Gasteiger partial charge < -0.3 is 14.8 Å². The summed E-state index contributed by atoms with van der Waals surface area (Å²) >= 11 is 0. The Hall–Kier alpha value is -1.35. The molecule has 0 amide bonds. The Morgan fingerprint density at radius 3 is 2.44 bits per heavy atom. The summed E-state index contributed by atoms with van der Waals surface area (Å²) in [5.74, 6) is -2.04. The standard InChI is InChI=1S/C7H6BF4NO3/c9-5-1-4(8(14)15)2-13-6(5)16-3-7(10,11)12/h1-2,14-15H,3H2. The van der Waals surface area contributed by atoms with Crippen molar-refractivity contribution in [3.8, 4) is 5.88 Å². The Kier molecular flexibility index (Phi) is 3.71. The molecule has 0 radical (unpaired) electrons. The van der Waals surface area contributed by atoms with Crippen molar-refractivity contribution in [2.45, 2.75) is 6.18 Å². The number of hydrogen-bond donors (Lipinski definition) is 2. The van der Waals surface area contributed by atoms with Crippen LogP contribution in [-0.4, -0.2) is 34.9 Å². The lowest BCUT2D eigenvalue weighted by molar-refractivity contribution is -0.154. The van der Waals surface area contributed by atoms with E-state index in [1.54, 1.807) is 0 Å². The summed E-state index contributed by atoms with van der Waals surface area (Å²) in [5, 5.41) is 17.3. The van der Waals surface area contributed by atoms with Gasteiger partial charge in [-0.25, -0.2) is 9.37 Å². The topological polar surface area (TPSA) is 62.6 Å². The predicted molar refractivity (Wildman–Crippen MR) is 45.6 cm³/mol. The van der Waals surface area contributed by atoms with Crippen LogP contribution >= 0.6 is 0 Å². The molecule has 0 fully saturated rings. The van der Waals surface area contributed by atoms with E-state index in [0.717, 1.165) is 6.20 Å². The normalized spacial score (nSPS) is 11.4. The van der Waals surface area contributed by atoms with Crippen molar-refractivity contribution in [3.63, 3.8) is 0 Å². The highest BCUT2D eigenvalue weighted by Crippen LogP contribution is 2.18. The van der Waals surface area contributed by atoms with E-state index in [2.05, 4.69) is 9.72 Å². The molecule has 2 N–H and O–H groups in total. The Labute approximate surface area is 87.6 Å². The van der Waals surface area contributed by atoms with Crippen LogP contribution in [0.2, 0.25) is 0 Å². The van der Waals surface area contributed by atoms with Gasteiger partial charge in [0.25, 0.3) is 5.88 Å². The van der Waals surface area contributed by atoms with Gasteiger partial charge in [-0.2, -0.15) is 13.2 Å². The van der Waals surface area contributed by atoms with Crippen molar-refractivity contribution < 1.29 is 32.3 Å². The van der Waals surface area contributed by atoms with E-state index in [4.69, 9.17) is 10.0 Å². The van der Waals surface area contributed by atoms with Crippen molar-refractivity contribution in [2.24, 2.45) is 0 Å². The van der Waals surface area contributed by atoms with E-state index in [-0.39, 0.29) is 5.46 Å². The second-order valence-corrected chi connectivity index (χ2v) is 2.83. The molecule has 0 aliphatic rings. The van der Waals surface area contributed by atoms with Crippen molar-refractivity contribution in [1.29, 1.82) is 0 Å². The first kappa shape index (κ1) is 12.7. The van der Waals surface area contributed by atoms with E-state index in [1.165, 1.54) is 0 Å². The van der Waals surface area contributed by atoms with E-state index in [9.17, 15) is 17.6 Å². The summed E-state index contributed by atoms with van der Waals surface area (Å²) in [5.41, 5.74) is -0.281. The van der Waals surface area contributed by atoms with Crippen LogP contribution in [0, 0.1) is 5.82 Å². The third-order valence-corrected chi connectivity index (χ3v) is 1.50. The molecule has 88 valence electrons. The van der Waals surface area contributed by atoms with Crippen LogP contribution in [-0.2, 0) is 0 Å². The molecular weight excluding hydrogens is 233 g/mol. The van der Waals surface area contributed by atoms with Crippen LogP contribution in [0.25, 0.3) is 0 Å². The average molecular weight is 239 g/mol. The Balaban J connectivity index is 2.76. The average Bonchev–Trinajstić information content (AvgIpc) is 2.14. The van der Waals surface area contributed by atoms with Gasteiger partial charge in [-0.3, -0.25) is 0 Å². The predicted octanol–water partition coefficient (Wildman–Crippen LogP) is -0.158. The number of rotatable bonds is 3. The Morgan fingerprint density at radius 1 is 1.38 bits per heavy atom. The van der Waals surface area contributed by atoms with Crippen LogP contribution in [0.1, 0.15) is 0 Å². The molecule has 0 spiro atoms. The van der Waals surface area contributed by atoms with Crippen LogP contribution in [0.3, 0.4) is 0 Å². The third kappa shape index (κ3) is 3.67. The van der Waals surface area contributed by atoms with Gasteiger partial charge in [0, 0.05) is 11.7 Å². The number of nitrogens with zero attached hydrogens (tertiary/aromatic N) is 1. The second-order valence-electron chi connectivity index (χ2n) is 2.83. The monoisotopic (exact) mass is 239 g/mol. The maximum absolute atomic E-state index is 13.0. The number of pyridine rings is 1. The smallest absolute Gasteiger partial charge is 0.466 e. The highest BCUT2D eigenvalue weighted by Gasteiger charge is 2.29. The van der Waals surface area contributed by atoms with Crippen LogP contribution in [0.5, 0.6) is 5.88 Å². The minimum atomic E-state index is -4.59. The molecule has 0 bridgehead atoms. The van der Waals surface area contributed by atoms with Crippen LogP contribution in [0.4, 0.5) is 17.6 Å². The van der Waals surface area contributed by atoms with Gasteiger partial charge in [0.1, 0.15) is 0 Å². The minimum absolute atomic E-state index is 0.281. The maximum Gasteiger partial charge on any atom is 0.490 e. The second kappa shape index (κ2) is 4.66. The molecule has 1 aromatic heterocycles. The lowest BCUT2D eigenvalue weighted by atomic mass is 9.82. The molecular formula is C7H6BF4NO3. The Bertz CT molecular complexity index is 371. The fraction of sp³-hybridized carbons (Fsp3) is 0.286. The number of ether oxygens (including phenoxy) is 1. The summed E-state index contributed by atoms with van der Waals surface area (Å²) in [4.78, 5) is 3.19. The maximum atomic E-state index is 13.0. The summed E-state index contributed by atoms with van der Waals surface area (Å²) in [7, 11) is -1.95. The number of alkyl halides is 3. The van der Waals surface area contributed by atoms with Crippen molar-refractivity contribution >= 4 is 12.6 Å². The van der Waals surface area contributed by atoms with Gasteiger partial charge in [-0.05, 0) is 6.07 Å². The van der Waals surface area contributed by atoms with Crippen LogP contribution in [0.15, 0.2) is 12.3 Å². The molecule has 1 heterocycles. The highest BCUT2D eigenvalue weighted by atomic mass is 19.4. The largest absolute Gasteiger partial charge is 0.490 e. The first-order chi connectivity index (χ1) is 7.29. The summed E-state index contributed by atoms with van der Waals surface area (Å²) in [6, 6.07) is 0.628. The lowest BCUT2D eigenvalue weighted by Gasteiger charge is -2.09. The Morgan fingerprint density at radius 2 is 2.00 bits per heavy atom. The quantitative estimate of drug-likeness (QED) is 0.568. The minimum Gasteiger partial charge on any atom is -0.466 e. The van der Waals surface area contributed by atoms with Gasteiger partial charge in [-0.1, -0.05) is 0 Å². The molecule has 4 nitrogen and oxygen atoms in total. The molecule has 0 aliphatic heterocycles. The van der Waals surface area contributed by atoms with E-state index >= 15 is 0 Å². The SMILES string of the molecule is OB(O)c1cnc(OCC(F)(F)F)c(F)c1. The first-order valence-electron chi connectivity index (χ1n) is 4.01. The van der Waals surface area contributed by atoms with E-state index in [0.29, 0.717) is 6.07 Å². The van der Waals surface area contributed by atoms with Gasteiger partial charge in [-0.15, -0.1) is 0 Å². The fourth-order valence-electron chi connectivity index (χ4n) is 0.838. The summed E-state index contributed by atoms with van der Waals surface area (Å²) < 4.78 is 52.2. The van der Waals surface area contributed by atoms with Gasteiger partial charge >= 0.3 is 13.3 Å². The van der Waals surface area contributed by atoms with E-state index < -0.39 is 31.6 Å². The van der Waals surface area contributed by atoms with Crippen molar-refractivity contribution in [1.82, 2.24) is 4.98 Å². The van der Waals surface area contributed by atoms with Gasteiger partial charge in [0.15, 0.2) is 12.4 Å².